The standard InChI is InChI=1S/C21H22N6O5.C18H13F3N6O4.CH4/c1-21(2,3)32-20(30)27-13-8-22-17-16(13)24-10-25-18(17)19(29)23-7-11-4-5-14-12(6-11)26-15(28)9-31-14;19-18(20,21)17(30)27-10-5-22-14-13(10)24-7-25-15(14)16(29)23-4-8-1-2-11-9(3-8)26-12(28)6-31-11;/h4-6,8,10,22H,7,9H2,1-3H3,(H,23,29)(H,26,28)(H,27,30);1-3,5,7,22H,4,6H2,(H,23,29)(H,26,28)(H,27,30);1H4. The van der Waals surface area contributed by atoms with Crippen molar-refractivity contribution in [2.24, 2.45) is 0 Å². The van der Waals surface area contributed by atoms with Gasteiger partial charge in [-0.05, 0) is 56.2 Å². The van der Waals surface area contributed by atoms with Gasteiger partial charge >= 0.3 is 18.2 Å². The lowest BCUT2D eigenvalue weighted by Gasteiger charge is -2.19. The molecule has 8 rings (SSSR count). The van der Waals surface area contributed by atoms with Gasteiger partial charge in [0.05, 0.1) is 33.8 Å². The van der Waals surface area contributed by atoms with Crippen LogP contribution >= 0.6 is 0 Å². The molecule has 0 saturated carbocycles. The Kier molecular flexibility index (Phi) is 13.0. The molecule has 0 fully saturated rings. The second kappa shape index (κ2) is 18.3. The zero-order valence-electron chi connectivity index (χ0n) is 33.2. The molecular formula is C40H39F3N12O9. The van der Waals surface area contributed by atoms with Gasteiger partial charge in [0.15, 0.2) is 24.6 Å². The fraction of sp³-hybridized carbons (Fsp3) is 0.250. The highest BCUT2D eigenvalue weighted by Crippen LogP contribution is 2.30. The van der Waals surface area contributed by atoms with Crippen molar-refractivity contribution in [2.75, 3.05) is 34.5 Å². The highest BCUT2D eigenvalue weighted by molar-refractivity contribution is 6.09. The third-order valence-electron chi connectivity index (χ3n) is 8.76. The van der Waals surface area contributed by atoms with Gasteiger partial charge in [-0.2, -0.15) is 13.2 Å². The number of hydrogen-bond donors (Lipinski definition) is 8. The van der Waals surface area contributed by atoms with E-state index >= 15 is 0 Å². The lowest BCUT2D eigenvalue weighted by molar-refractivity contribution is -0.167. The van der Waals surface area contributed by atoms with Crippen LogP contribution in [0.25, 0.3) is 22.1 Å². The molecule has 0 spiro atoms. The van der Waals surface area contributed by atoms with Crippen molar-refractivity contribution in [1.82, 2.24) is 40.5 Å². The molecule has 21 nitrogen and oxygen atoms in total. The van der Waals surface area contributed by atoms with E-state index in [4.69, 9.17) is 14.2 Å². The number of carbonyl (C=O) groups excluding carboxylic acids is 6. The summed E-state index contributed by atoms with van der Waals surface area (Å²) in [4.78, 5) is 93.0. The number of H-pyrrole nitrogens is 2. The minimum absolute atomic E-state index is 0. The van der Waals surface area contributed by atoms with Crippen molar-refractivity contribution in [3.8, 4) is 11.5 Å². The second-order valence-corrected chi connectivity index (χ2v) is 14.6. The summed E-state index contributed by atoms with van der Waals surface area (Å²) in [6.45, 7) is 5.47. The van der Waals surface area contributed by atoms with E-state index in [1.165, 1.54) is 12.5 Å². The lowest BCUT2D eigenvalue weighted by Crippen LogP contribution is -2.29. The van der Waals surface area contributed by atoms with Crippen LogP contribution < -0.4 is 41.4 Å². The molecule has 0 aliphatic carbocycles. The Morgan fingerprint density at radius 3 is 1.59 bits per heavy atom. The number of rotatable bonds is 8. The SMILES string of the molecule is C.CC(C)(C)OC(=O)Nc1c[nH]c2c(C(=O)NCc3ccc4c(c3)NC(=O)CO4)ncnc12.O=C1COc2ccc(CNC(=O)c3ncnc4c(NC(=O)C(F)(F)F)c[nH]c34)cc2N1. The molecule has 0 unspecified atom stereocenters. The number of alkyl halides is 3. The summed E-state index contributed by atoms with van der Waals surface area (Å²) in [5, 5.41) is 15.1. The third kappa shape index (κ3) is 10.6. The average molecular weight is 889 g/mol. The number of nitrogens with one attached hydrogen (secondary N) is 8. The number of aromatic nitrogens is 6. The quantitative estimate of drug-likeness (QED) is 0.101. The molecule has 6 amide bonds. The Morgan fingerprint density at radius 1 is 0.703 bits per heavy atom. The second-order valence-electron chi connectivity index (χ2n) is 14.6. The first kappa shape index (κ1) is 45.2. The zero-order valence-corrected chi connectivity index (χ0v) is 33.2. The normalized spacial score (nSPS) is 12.9. The van der Waals surface area contributed by atoms with Gasteiger partial charge in [0.1, 0.15) is 40.8 Å². The summed E-state index contributed by atoms with van der Waals surface area (Å²) >= 11 is 0. The number of amides is 6. The van der Waals surface area contributed by atoms with Gasteiger partial charge in [-0.25, -0.2) is 24.7 Å². The minimum atomic E-state index is -5.07. The molecule has 334 valence electrons. The Hall–Kier alpha value is -8.31. The topological polar surface area (TPSA) is 285 Å². The van der Waals surface area contributed by atoms with Gasteiger partial charge in [0.25, 0.3) is 23.6 Å². The number of hydrogen-bond acceptors (Lipinski definition) is 13. The van der Waals surface area contributed by atoms with Gasteiger partial charge in [0, 0.05) is 25.5 Å². The lowest BCUT2D eigenvalue weighted by atomic mass is 10.1. The van der Waals surface area contributed by atoms with E-state index in [2.05, 4.69) is 56.5 Å². The molecule has 2 aromatic carbocycles. The van der Waals surface area contributed by atoms with Crippen LogP contribution in [-0.2, 0) is 32.2 Å². The predicted octanol–water partition coefficient (Wildman–Crippen LogP) is 4.92. The summed E-state index contributed by atoms with van der Waals surface area (Å²) in [5.74, 6) is -2.66. The van der Waals surface area contributed by atoms with Gasteiger partial charge in [0.2, 0.25) is 0 Å². The molecule has 6 heterocycles. The summed E-state index contributed by atoms with van der Waals surface area (Å²) < 4.78 is 53.3. The molecule has 0 saturated heterocycles. The number of halogens is 3. The van der Waals surface area contributed by atoms with Crippen LogP contribution in [0.4, 0.5) is 40.7 Å². The fourth-order valence-electron chi connectivity index (χ4n) is 6.03. The molecule has 2 aliphatic rings. The Bertz CT molecular complexity index is 2800. The maximum absolute atomic E-state index is 12.8. The number of ether oxygens (including phenoxy) is 3. The van der Waals surface area contributed by atoms with E-state index in [1.54, 1.807) is 62.5 Å². The van der Waals surface area contributed by atoms with E-state index in [0.29, 0.717) is 45.2 Å². The smallest absolute Gasteiger partial charge is 0.471 e. The maximum Gasteiger partial charge on any atom is 0.471 e. The number of fused-ring (bicyclic) bond motifs is 4. The van der Waals surface area contributed by atoms with Crippen molar-refractivity contribution in [1.29, 1.82) is 0 Å². The summed E-state index contributed by atoms with van der Waals surface area (Å²) in [7, 11) is 0. The number of anilines is 4. The van der Waals surface area contributed by atoms with Gasteiger partial charge in [-0.15, -0.1) is 0 Å². The molecule has 0 bridgehead atoms. The maximum atomic E-state index is 12.8. The highest BCUT2D eigenvalue weighted by Gasteiger charge is 2.39. The average Bonchev–Trinajstić information content (AvgIpc) is 3.84. The zero-order chi connectivity index (χ0) is 45.1. The van der Waals surface area contributed by atoms with E-state index in [0.717, 1.165) is 18.1 Å². The van der Waals surface area contributed by atoms with Crippen LogP contribution in [0.15, 0.2) is 61.4 Å². The van der Waals surface area contributed by atoms with Crippen molar-refractivity contribution in [2.45, 2.75) is 53.1 Å². The van der Waals surface area contributed by atoms with Gasteiger partial charge in [-0.1, -0.05) is 19.6 Å². The molecule has 8 N–H and O–H groups in total. The number of aromatic amines is 2. The first-order chi connectivity index (χ1) is 29.9. The van der Waals surface area contributed by atoms with Crippen molar-refractivity contribution in [3.63, 3.8) is 0 Å². The summed E-state index contributed by atoms with van der Waals surface area (Å²) in [6.07, 6.45) is -0.850. The predicted molar refractivity (Wildman–Crippen MR) is 223 cm³/mol. The summed E-state index contributed by atoms with van der Waals surface area (Å²) in [6, 6.07) is 10.3. The van der Waals surface area contributed by atoms with Crippen LogP contribution in [0.5, 0.6) is 11.5 Å². The van der Waals surface area contributed by atoms with Crippen LogP contribution in [-0.4, -0.2) is 90.5 Å². The fourth-order valence-corrected chi connectivity index (χ4v) is 6.03. The Morgan fingerprint density at radius 2 is 1.16 bits per heavy atom. The number of nitrogens with zero attached hydrogens (tertiary/aromatic N) is 4. The molecular weight excluding hydrogens is 850 g/mol. The first-order valence-corrected chi connectivity index (χ1v) is 18.6. The van der Waals surface area contributed by atoms with E-state index < -0.39 is 35.6 Å². The minimum Gasteiger partial charge on any atom is -0.482 e. The van der Waals surface area contributed by atoms with Gasteiger partial charge in [-0.3, -0.25) is 29.3 Å². The largest absolute Gasteiger partial charge is 0.482 e. The molecule has 24 heteroatoms. The first-order valence-electron chi connectivity index (χ1n) is 18.6. The number of benzene rings is 2. The molecule has 0 atom stereocenters. The van der Waals surface area contributed by atoms with Crippen molar-refractivity contribution >= 4 is 80.4 Å². The molecule has 4 aromatic heterocycles. The van der Waals surface area contributed by atoms with E-state index in [9.17, 15) is 41.9 Å². The van der Waals surface area contributed by atoms with Crippen LogP contribution in [0, 0.1) is 0 Å². The van der Waals surface area contributed by atoms with Crippen molar-refractivity contribution in [3.05, 3.63) is 84.0 Å². The molecule has 6 aromatic rings. The summed E-state index contributed by atoms with van der Waals surface area (Å²) in [5.41, 5.74) is 2.72. The highest BCUT2D eigenvalue weighted by atomic mass is 19.4. The Labute approximate surface area is 359 Å². The monoisotopic (exact) mass is 888 g/mol. The molecule has 0 radical (unpaired) electrons. The van der Waals surface area contributed by atoms with Crippen LogP contribution in [0.1, 0.15) is 60.3 Å². The van der Waals surface area contributed by atoms with E-state index in [-0.39, 0.29) is 73.7 Å². The third-order valence-corrected chi connectivity index (χ3v) is 8.76. The Balaban J connectivity index is 0.000000209. The van der Waals surface area contributed by atoms with Gasteiger partial charge < -0.3 is 50.8 Å². The van der Waals surface area contributed by atoms with Crippen LogP contribution in [0.2, 0.25) is 0 Å². The molecule has 2 aliphatic heterocycles. The van der Waals surface area contributed by atoms with E-state index in [1.807, 2.05) is 0 Å². The van der Waals surface area contributed by atoms with Crippen molar-refractivity contribution < 1.29 is 56.1 Å². The number of carbonyl (C=O) groups is 6. The molecule has 64 heavy (non-hydrogen) atoms. The van der Waals surface area contributed by atoms with Crippen LogP contribution in [0.3, 0.4) is 0 Å².